The molecule has 0 aliphatic carbocycles. The van der Waals surface area contributed by atoms with Gasteiger partial charge in [-0.15, -0.1) is 0 Å². The lowest BCUT2D eigenvalue weighted by Gasteiger charge is -2.14. The molecule has 1 aromatic rings. The summed E-state index contributed by atoms with van der Waals surface area (Å²) in [4.78, 5) is 11.4. The first-order chi connectivity index (χ1) is 6.88. The molecule has 3 nitrogen and oxygen atoms in total. The third kappa shape index (κ3) is 2.31. The van der Waals surface area contributed by atoms with Crippen LogP contribution in [0.5, 0.6) is 0 Å². The summed E-state index contributed by atoms with van der Waals surface area (Å²) in [6.45, 7) is 1.70. The molecule has 0 fully saturated rings. The van der Waals surface area contributed by atoms with Crippen molar-refractivity contribution >= 4 is 5.69 Å². The van der Waals surface area contributed by atoms with Crippen LogP contribution in [0.1, 0.15) is 19.0 Å². The van der Waals surface area contributed by atoms with E-state index in [4.69, 9.17) is 5.73 Å². The Balaban J connectivity index is 3.40. The minimum atomic E-state index is -4.53. The highest BCUT2D eigenvalue weighted by Crippen LogP contribution is 2.28. The molecule has 1 aromatic heterocycles. The van der Waals surface area contributed by atoms with Crippen LogP contribution in [0.2, 0.25) is 0 Å². The summed E-state index contributed by atoms with van der Waals surface area (Å²) in [5.41, 5.74) is 3.35. The van der Waals surface area contributed by atoms with E-state index in [-0.39, 0.29) is 12.2 Å². The van der Waals surface area contributed by atoms with Crippen molar-refractivity contribution in [3.8, 4) is 0 Å². The fourth-order valence-electron chi connectivity index (χ4n) is 1.29. The van der Waals surface area contributed by atoms with Gasteiger partial charge in [-0.05, 0) is 18.6 Å². The number of rotatable bonds is 2. The maximum Gasteiger partial charge on any atom is 0.431 e. The highest BCUT2D eigenvalue weighted by molar-refractivity contribution is 5.36. The summed E-state index contributed by atoms with van der Waals surface area (Å²) in [6.07, 6.45) is -4.09. The number of hydrogen-bond donors (Lipinski definition) is 1. The van der Waals surface area contributed by atoms with Gasteiger partial charge in [-0.25, -0.2) is 0 Å². The molecule has 84 valence electrons. The second-order valence-electron chi connectivity index (χ2n) is 3.13. The van der Waals surface area contributed by atoms with Gasteiger partial charge in [-0.1, -0.05) is 6.92 Å². The lowest BCUT2D eigenvalue weighted by molar-refractivity contribution is -0.144. The molecule has 0 saturated carbocycles. The summed E-state index contributed by atoms with van der Waals surface area (Å²) in [5.74, 6) is 0. The van der Waals surface area contributed by atoms with Gasteiger partial charge in [0.2, 0.25) is 0 Å². The van der Waals surface area contributed by atoms with E-state index in [2.05, 4.69) is 0 Å². The average Bonchev–Trinajstić information content (AvgIpc) is 2.11. The Hall–Kier alpha value is -1.46. The lowest BCUT2D eigenvalue weighted by Crippen LogP contribution is -2.29. The zero-order valence-electron chi connectivity index (χ0n) is 8.14. The Kier molecular flexibility index (Phi) is 3.06. The first-order valence-corrected chi connectivity index (χ1v) is 4.44. The number of nitrogens with zero attached hydrogens (tertiary/aromatic N) is 1. The molecule has 0 radical (unpaired) electrons. The van der Waals surface area contributed by atoms with Crippen molar-refractivity contribution in [3.63, 3.8) is 0 Å². The average molecular weight is 220 g/mol. The number of aromatic nitrogens is 1. The number of nitrogens with two attached hydrogens (primary N) is 1. The highest BCUT2D eigenvalue weighted by atomic mass is 19.4. The van der Waals surface area contributed by atoms with Gasteiger partial charge in [-0.3, -0.25) is 4.79 Å². The van der Waals surface area contributed by atoms with Crippen LogP contribution in [0.15, 0.2) is 16.9 Å². The number of anilines is 1. The Morgan fingerprint density at radius 3 is 2.47 bits per heavy atom. The Labute approximate surface area is 84.3 Å². The van der Waals surface area contributed by atoms with E-state index >= 15 is 0 Å². The molecule has 0 spiro atoms. The van der Waals surface area contributed by atoms with Crippen LogP contribution in [0.3, 0.4) is 0 Å². The number of nitrogen functional groups attached to an aromatic ring is 1. The summed E-state index contributed by atoms with van der Waals surface area (Å²) in [5, 5.41) is 0. The van der Waals surface area contributed by atoms with Crippen molar-refractivity contribution in [1.82, 2.24) is 4.57 Å². The quantitative estimate of drug-likeness (QED) is 0.826. The van der Waals surface area contributed by atoms with Crippen LogP contribution in [0.25, 0.3) is 0 Å². The smallest absolute Gasteiger partial charge is 0.394 e. The van der Waals surface area contributed by atoms with Gasteiger partial charge in [0.15, 0.2) is 0 Å². The molecule has 0 unspecified atom stereocenters. The van der Waals surface area contributed by atoms with E-state index in [0.717, 1.165) is 12.1 Å². The minimum absolute atomic E-state index is 0.0126. The Morgan fingerprint density at radius 2 is 2.00 bits per heavy atom. The molecule has 6 heteroatoms. The van der Waals surface area contributed by atoms with Crippen LogP contribution in [0.4, 0.5) is 18.9 Å². The van der Waals surface area contributed by atoms with Crippen molar-refractivity contribution < 1.29 is 13.2 Å². The highest BCUT2D eigenvalue weighted by Gasteiger charge is 2.34. The SMILES string of the molecule is CCCn1c(C(F)(F)F)ccc(N)c1=O. The van der Waals surface area contributed by atoms with Crippen molar-refractivity contribution in [3.05, 3.63) is 28.2 Å². The van der Waals surface area contributed by atoms with Gasteiger partial charge in [0.1, 0.15) is 5.69 Å². The van der Waals surface area contributed by atoms with Crippen LogP contribution >= 0.6 is 0 Å². The molecule has 15 heavy (non-hydrogen) atoms. The predicted octanol–water partition coefficient (Wildman–Crippen LogP) is 1.86. The number of halogens is 3. The van der Waals surface area contributed by atoms with Gasteiger partial charge < -0.3 is 10.3 Å². The molecule has 0 saturated heterocycles. The Bertz CT molecular complexity index is 409. The molecule has 0 bridgehead atoms. The van der Waals surface area contributed by atoms with Gasteiger partial charge >= 0.3 is 6.18 Å². The molecule has 0 amide bonds. The van der Waals surface area contributed by atoms with Crippen LogP contribution in [-0.4, -0.2) is 4.57 Å². The maximum atomic E-state index is 12.5. The predicted molar refractivity (Wildman–Crippen MR) is 50.4 cm³/mol. The molecule has 1 rings (SSSR count). The first-order valence-electron chi connectivity index (χ1n) is 4.44. The summed E-state index contributed by atoms with van der Waals surface area (Å²) >= 11 is 0. The number of hydrogen-bond acceptors (Lipinski definition) is 2. The third-order valence-electron chi connectivity index (χ3n) is 1.94. The van der Waals surface area contributed by atoms with Crippen LogP contribution in [-0.2, 0) is 12.7 Å². The van der Waals surface area contributed by atoms with Gasteiger partial charge in [0.05, 0.1) is 5.69 Å². The van der Waals surface area contributed by atoms with Crippen molar-refractivity contribution in [2.45, 2.75) is 26.1 Å². The molecule has 0 aliphatic heterocycles. The normalized spacial score (nSPS) is 11.7. The van der Waals surface area contributed by atoms with Gasteiger partial charge in [0, 0.05) is 6.54 Å². The maximum absolute atomic E-state index is 12.5. The topological polar surface area (TPSA) is 48.0 Å². The molecule has 2 N–H and O–H groups in total. The zero-order chi connectivity index (χ0) is 11.6. The van der Waals surface area contributed by atoms with E-state index in [1.54, 1.807) is 6.92 Å². The fourth-order valence-corrected chi connectivity index (χ4v) is 1.29. The summed E-state index contributed by atoms with van der Waals surface area (Å²) < 4.78 is 38.1. The lowest BCUT2D eigenvalue weighted by atomic mass is 10.3. The summed E-state index contributed by atoms with van der Waals surface area (Å²) in [7, 11) is 0. The van der Waals surface area contributed by atoms with Crippen LogP contribution in [0, 0.1) is 0 Å². The van der Waals surface area contributed by atoms with Crippen molar-refractivity contribution in [2.75, 3.05) is 5.73 Å². The minimum Gasteiger partial charge on any atom is -0.394 e. The van der Waals surface area contributed by atoms with E-state index in [1.807, 2.05) is 0 Å². The second kappa shape index (κ2) is 3.96. The molecular weight excluding hydrogens is 209 g/mol. The van der Waals surface area contributed by atoms with E-state index < -0.39 is 17.4 Å². The van der Waals surface area contributed by atoms with Gasteiger partial charge in [-0.2, -0.15) is 13.2 Å². The standard InChI is InChI=1S/C9H11F3N2O/c1-2-5-14-7(9(10,11)12)4-3-6(13)8(14)15/h3-4H,2,5,13H2,1H3. The second-order valence-corrected chi connectivity index (χ2v) is 3.13. The van der Waals surface area contributed by atoms with Crippen molar-refractivity contribution in [2.24, 2.45) is 0 Å². The van der Waals surface area contributed by atoms with E-state index in [0.29, 0.717) is 11.0 Å². The van der Waals surface area contributed by atoms with E-state index in [1.165, 1.54) is 0 Å². The fraction of sp³-hybridized carbons (Fsp3) is 0.444. The molecule has 1 heterocycles. The van der Waals surface area contributed by atoms with Crippen molar-refractivity contribution in [1.29, 1.82) is 0 Å². The Morgan fingerprint density at radius 1 is 1.40 bits per heavy atom. The summed E-state index contributed by atoms with van der Waals surface area (Å²) in [6, 6.07) is 1.81. The molecule has 0 aliphatic rings. The number of alkyl halides is 3. The monoisotopic (exact) mass is 220 g/mol. The van der Waals surface area contributed by atoms with Crippen LogP contribution < -0.4 is 11.3 Å². The van der Waals surface area contributed by atoms with E-state index in [9.17, 15) is 18.0 Å². The first kappa shape index (κ1) is 11.6. The molecule has 0 atom stereocenters. The molecular formula is C9H11F3N2O. The van der Waals surface area contributed by atoms with Gasteiger partial charge in [0.25, 0.3) is 5.56 Å². The third-order valence-corrected chi connectivity index (χ3v) is 1.94. The zero-order valence-corrected chi connectivity index (χ0v) is 8.14. The largest absolute Gasteiger partial charge is 0.431 e. The molecule has 0 aromatic carbocycles. The number of pyridine rings is 1.